The molecule has 120 valence electrons. The number of rotatable bonds is 9. The van der Waals surface area contributed by atoms with Gasteiger partial charge in [0, 0.05) is 28.9 Å². The maximum Gasteiger partial charge on any atom is 0.232 e. The zero-order valence-electron chi connectivity index (χ0n) is 12.5. The Bertz CT molecular complexity index is 522. The van der Waals surface area contributed by atoms with Gasteiger partial charge in [-0.1, -0.05) is 6.92 Å². The molecule has 1 unspecified atom stereocenters. The van der Waals surface area contributed by atoms with Crippen molar-refractivity contribution in [3.05, 3.63) is 18.2 Å². The Morgan fingerprint density at radius 1 is 1.05 bits per heavy atom. The highest BCUT2D eigenvalue weighted by Gasteiger charge is 2.10. The van der Waals surface area contributed by atoms with Gasteiger partial charge in [-0.2, -0.15) is 0 Å². The molecule has 0 aromatic heterocycles. The summed E-state index contributed by atoms with van der Waals surface area (Å²) in [4.78, 5) is 0. The van der Waals surface area contributed by atoms with Crippen LogP contribution in [-0.4, -0.2) is 35.0 Å². The number of hydrogen-bond acceptors (Lipinski definition) is 5. The monoisotopic (exact) mass is 336 g/mol. The van der Waals surface area contributed by atoms with E-state index >= 15 is 0 Å². The van der Waals surface area contributed by atoms with Crippen LogP contribution in [-0.2, 0) is 9.05 Å². The van der Waals surface area contributed by atoms with E-state index in [4.69, 9.17) is 24.9 Å². The van der Waals surface area contributed by atoms with Crippen LogP contribution >= 0.6 is 10.7 Å². The van der Waals surface area contributed by atoms with Gasteiger partial charge in [0.25, 0.3) is 0 Å². The minimum Gasteiger partial charge on any atom is -0.496 e. The van der Waals surface area contributed by atoms with E-state index in [0.717, 1.165) is 6.42 Å². The van der Waals surface area contributed by atoms with Gasteiger partial charge in [0.2, 0.25) is 9.05 Å². The average Bonchev–Trinajstić information content (AvgIpc) is 2.44. The van der Waals surface area contributed by atoms with E-state index in [-0.39, 0.29) is 11.7 Å². The number of halogens is 1. The summed E-state index contributed by atoms with van der Waals surface area (Å²) in [6.07, 6.45) is 1.27. The molecule has 0 aliphatic heterocycles. The molecule has 0 radical (unpaired) electrons. The first-order valence-electron chi connectivity index (χ1n) is 6.62. The Morgan fingerprint density at radius 2 is 1.57 bits per heavy atom. The van der Waals surface area contributed by atoms with E-state index in [0.29, 0.717) is 30.3 Å². The highest BCUT2D eigenvalue weighted by molar-refractivity contribution is 8.13. The summed E-state index contributed by atoms with van der Waals surface area (Å²) in [6, 6.07) is 5.31. The van der Waals surface area contributed by atoms with Crippen LogP contribution in [0, 0.1) is 5.92 Å². The van der Waals surface area contributed by atoms with Crippen molar-refractivity contribution in [2.75, 3.05) is 26.6 Å². The minimum absolute atomic E-state index is 0.0112. The lowest BCUT2D eigenvalue weighted by atomic mass is 10.1. The van der Waals surface area contributed by atoms with E-state index in [2.05, 4.69) is 0 Å². The number of methoxy groups -OCH3 is 2. The molecule has 1 rings (SSSR count). The molecule has 0 aliphatic carbocycles. The third-order valence-corrected chi connectivity index (χ3v) is 4.25. The molecule has 0 saturated heterocycles. The van der Waals surface area contributed by atoms with Crippen LogP contribution in [0.1, 0.15) is 19.8 Å². The molecule has 0 spiro atoms. The normalized spacial score (nSPS) is 12.8. The zero-order chi connectivity index (χ0) is 15.9. The Labute approximate surface area is 130 Å². The topological polar surface area (TPSA) is 61.8 Å². The lowest BCUT2D eigenvalue weighted by Gasteiger charge is -2.13. The standard InChI is InChI=1S/C14H21ClO5S/c1-11(5-7-21(15,16)17)4-6-20-14-9-12(18-2)8-13(10-14)19-3/h8-11H,4-7H2,1-3H3. The summed E-state index contributed by atoms with van der Waals surface area (Å²) in [5.74, 6) is 2.17. The summed E-state index contributed by atoms with van der Waals surface area (Å²) < 4.78 is 37.7. The van der Waals surface area contributed by atoms with E-state index in [1.54, 1.807) is 32.4 Å². The van der Waals surface area contributed by atoms with Crippen molar-refractivity contribution in [3.63, 3.8) is 0 Å². The molecule has 0 bridgehead atoms. The first-order valence-corrected chi connectivity index (χ1v) is 9.10. The van der Waals surface area contributed by atoms with E-state index in [1.165, 1.54) is 0 Å². The molecule has 0 saturated carbocycles. The highest BCUT2D eigenvalue weighted by atomic mass is 35.7. The molecule has 21 heavy (non-hydrogen) atoms. The van der Waals surface area contributed by atoms with Gasteiger partial charge in [-0.25, -0.2) is 8.42 Å². The second-order valence-corrected chi connectivity index (χ2v) is 7.72. The fraction of sp³-hybridized carbons (Fsp3) is 0.571. The van der Waals surface area contributed by atoms with Crippen LogP contribution in [0.15, 0.2) is 18.2 Å². The lowest BCUT2D eigenvalue weighted by molar-refractivity contribution is 0.278. The van der Waals surface area contributed by atoms with Crippen molar-refractivity contribution in [1.82, 2.24) is 0 Å². The minimum atomic E-state index is -3.42. The highest BCUT2D eigenvalue weighted by Crippen LogP contribution is 2.27. The SMILES string of the molecule is COc1cc(OC)cc(OCCC(C)CCS(=O)(=O)Cl)c1. The molecule has 0 aliphatic rings. The molecular weight excluding hydrogens is 316 g/mol. The lowest BCUT2D eigenvalue weighted by Crippen LogP contribution is -2.08. The molecular formula is C14H21ClO5S. The maximum atomic E-state index is 10.9. The second-order valence-electron chi connectivity index (χ2n) is 4.82. The zero-order valence-corrected chi connectivity index (χ0v) is 14.0. The number of ether oxygens (including phenoxy) is 3. The predicted molar refractivity (Wildman–Crippen MR) is 83.1 cm³/mol. The summed E-state index contributed by atoms with van der Waals surface area (Å²) in [6.45, 7) is 2.46. The maximum absolute atomic E-state index is 10.9. The molecule has 1 aromatic rings. The average molecular weight is 337 g/mol. The molecule has 0 N–H and O–H groups in total. The Morgan fingerprint density at radius 3 is 2.05 bits per heavy atom. The molecule has 1 aromatic carbocycles. The third kappa shape index (κ3) is 7.43. The van der Waals surface area contributed by atoms with E-state index < -0.39 is 9.05 Å². The van der Waals surface area contributed by atoms with Crippen LogP contribution in [0.25, 0.3) is 0 Å². The number of benzene rings is 1. The summed E-state index contributed by atoms with van der Waals surface area (Å²) in [5, 5.41) is 0. The van der Waals surface area contributed by atoms with Crippen molar-refractivity contribution in [2.45, 2.75) is 19.8 Å². The summed E-state index contributed by atoms with van der Waals surface area (Å²) >= 11 is 0. The van der Waals surface area contributed by atoms with Crippen LogP contribution in [0.4, 0.5) is 0 Å². The van der Waals surface area contributed by atoms with Gasteiger partial charge in [0.15, 0.2) is 0 Å². The predicted octanol–water partition coefficient (Wildman–Crippen LogP) is 3.07. The van der Waals surface area contributed by atoms with E-state index in [1.807, 2.05) is 6.92 Å². The van der Waals surface area contributed by atoms with Crippen LogP contribution in [0.2, 0.25) is 0 Å². The Balaban J connectivity index is 2.44. The second kappa shape index (κ2) is 8.34. The Kier molecular flexibility index (Phi) is 7.11. The quantitative estimate of drug-likeness (QED) is 0.648. The van der Waals surface area contributed by atoms with Gasteiger partial charge in [0.1, 0.15) is 17.2 Å². The van der Waals surface area contributed by atoms with Crippen LogP contribution in [0.5, 0.6) is 17.2 Å². The van der Waals surface area contributed by atoms with Crippen molar-refractivity contribution >= 4 is 19.7 Å². The molecule has 0 amide bonds. The smallest absolute Gasteiger partial charge is 0.232 e. The van der Waals surface area contributed by atoms with Gasteiger partial charge in [-0.15, -0.1) is 0 Å². The first-order chi connectivity index (χ1) is 9.84. The van der Waals surface area contributed by atoms with Crippen molar-refractivity contribution in [3.8, 4) is 17.2 Å². The van der Waals surface area contributed by atoms with Crippen LogP contribution < -0.4 is 14.2 Å². The van der Waals surface area contributed by atoms with Crippen LogP contribution in [0.3, 0.4) is 0 Å². The van der Waals surface area contributed by atoms with Gasteiger partial charge >= 0.3 is 0 Å². The van der Waals surface area contributed by atoms with Crippen molar-refractivity contribution in [1.29, 1.82) is 0 Å². The fourth-order valence-corrected chi connectivity index (χ4v) is 2.68. The van der Waals surface area contributed by atoms with Gasteiger partial charge < -0.3 is 14.2 Å². The largest absolute Gasteiger partial charge is 0.496 e. The first kappa shape index (κ1) is 17.9. The van der Waals surface area contributed by atoms with Gasteiger partial charge in [-0.3, -0.25) is 0 Å². The molecule has 1 atom stereocenters. The Hall–Kier alpha value is -1.14. The number of hydrogen-bond donors (Lipinski definition) is 0. The fourth-order valence-electron chi connectivity index (χ4n) is 1.73. The van der Waals surface area contributed by atoms with Gasteiger partial charge in [0.05, 0.1) is 26.6 Å². The molecule has 5 nitrogen and oxygen atoms in total. The van der Waals surface area contributed by atoms with Crippen molar-refractivity contribution in [2.24, 2.45) is 5.92 Å². The van der Waals surface area contributed by atoms with E-state index in [9.17, 15) is 8.42 Å². The molecule has 7 heteroatoms. The molecule has 0 fully saturated rings. The summed E-state index contributed by atoms with van der Waals surface area (Å²) in [7, 11) is 4.92. The van der Waals surface area contributed by atoms with Gasteiger partial charge in [-0.05, 0) is 18.8 Å². The third-order valence-electron chi connectivity index (χ3n) is 3.06. The summed E-state index contributed by atoms with van der Waals surface area (Å²) in [5.41, 5.74) is 0. The van der Waals surface area contributed by atoms with Crippen molar-refractivity contribution < 1.29 is 22.6 Å². The molecule has 0 heterocycles.